The van der Waals surface area contributed by atoms with Gasteiger partial charge in [-0.25, -0.2) is 4.79 Å². The fourth-order valence-electron chi connectivity index (χ4n) is 4.15. The van der Waals surface area contributed by atoms with Crippen molar-refractivity contribution in [2.45, 2.75) is 37.8 Å². The van der Waals surface area contributed by atoms with E-state index in [4.69, 9.17) is 0 Å². The first kappa shape index (κ1) is 21.0. The molecule has 1 atom stereocenters. The Kier molecular flexibility index (Phi) is 5.64. The van der Waals surface area contributed by atoms with Crippen molar-refractivity contribution in [1.29, 1.82) is 0 Å². The Balaban J connectivity index is 1.24. The molecule has 3 aromatic heterocycles. The van der Waals surface area contributed by atoms with Crippen molar-refractivity contribution in [2.75, 3.05) is 11.1 Å². The van der Waals surface area contributed by atoms with Gasteiger partial charge in [0.2, 0.25) is 5.91 Å². The summed E-state index contributed by atoms with van der Waals surface area (Å²) in [5.74, 6) is 1.70. The van der Waals surface area contributed by atoms with E-state index in [2.05, 4.69) is 38.5 Å². The molecule has 0 unspecified atom stereocenters. The molecule has 3 heterocycles. The zero-order chi connectivity index (χ0) is 22.2. The molecule has 4 aromatic rings. The third kappa shape index (κ3) is 4.12. The Morgan fingerprint density at radius 3 is 2.97 bits per heavy atom. The van der Waals surface area contributed by atoms with Crippen LogP contribution in [-0.4, -0.2) is 36.4 Å². The van der Waals surface area contributed by atoms with Gasteiger partial charge in [-0.2, -0.15) is 0 Å². The molecule has 0 aliphatic heterocycles. The average molecular weight is 469 g/mol. The Labute approximate surface area is 192 Å². The maximum Gasteiger partial charge on any atom is 0.323 e. The van der Waals surface area contributed by atoms with Gasteiger partial charge >= 0.3 is 5.69 Å². The second-order valence-electron chi connectivity index (χ2n) is 8.12. The third-order valence-electron chi connectivity index (χ3n) is 5.95. The van der Waals surface area contributed by atoms with Crippen LogP contribution in [0.15, 0.2) is 34.2 Å². The van der Waals surface area contributed by atoms with Crippen molar-refractivity contribution < 1.29 is 4.79 Å². The monoisotopic (exact) mass is 468 g/mol. The lowest BCUT2D eigenvalue weighted by Crippen LogP contribution is -2.14. The van der Waals surface area contributed by atoms with Crippen LogP contribution in [0.4, 0.5) is 5.69 Å². The highest BCUT2D eigenvalue weighted by atomic mass is 32.2. The lowest BCUT2D eigenvalue weighted by Gasteiger charge is -2.19. The van der Waals surface area contributed by atoms with Crippen molar-refractivity contribution in [1.82, 2.24) is 24.7 Å². The summed E-state index contributed by atoms with van der Waals surface area (Å²) in [5.41, 5.74) is 3.18. The number of benzene rings is 1. The number of thioether (sulfide) groups is 1. The summed E-state index contributed by atoms with van der Waals surface area (Å²) >= 11 is 3.17. The van der Waals surface area contributed by atoms with Crippen LogP contribution in [0.3, 0.4) is 0 Å². The molecule has 1 aliphatic carbocycles. The third-order valence-corrected chi connectivity index (χ3v) is 8.20. The highest BCUT2D eigenvalue weighted by Gasteiger charge is 2.22. The van der Waals surface area contributed by atoms with E-state index in [0.717, 1.165) is 29.5 Å². The summed E-state index contributed by atoms with van der Waals surface area (Å²) in [7, 11) is 1.94. The molecule has 0 spiro atoms. The summed E-state index contributed by atoms with van der Waals surface area (Å²) in [4.78, 5) is 31.8. The molecule has 0 bridgehead atoms. The zero-order valence-corrected chi connectivity index (χ0v) is 19.5. The first-order valence-electron chi connectivity index (χ1n) is 10.7. The van der Waals surface area contributed by atoms with E-state index in [9.17, 15) is 9.59 Å². The fourth-order valence-corrected chi connectivity index (χ4v) is 6.09. The summed E-state index contributed by atoms with van der Waals surface area (Å²) in [6.45, 7) is 2.27. The normalized spacial score (nSPS) is 15.8. The van der Waals surface area contributed by atoms with Gasteiger partial charge in [-0.3, -0.25) is 4.79 Å². The van der Waals surface area contributed by atoms with Gasteiger partial charge in [0.05, 0.1) is 21.7 Å². The van der Waals surface area contributed by atoms with Gasteiger partial charge in [0.15, 0.2) is 11.0 Å². The standard InChI is InChI=1S/C22H24N6O2S2/c1-3-12-4-7-17-13(8-12)9-18(32-17)20-26-27-22(28(20)2)31-11-19(29)23-14-5-6-15-16(10-14)25-21(30)24-15/h5-6,9-10,12H,3-4,7-8,11H2,1-2H3,(H,23,29)(H2,24,25,30)/t12-/m0/s1. The van der Waals surface area contributed by atoms with Crippen molar-refractivity contribution >= 4 is 45.7 Å². The van der Waals surface area contributed by atoms with Crippen LogP contribution >= 0.6 is 23.1 Å². The number of fused-ring (bicyclic) bond motifs is 2. The molecule has 1 aliphatic rings. The number of hydrogen-bond donors (Lipinski definition) is 3. The number of nitrogens with one attached hydrogen (secondary N) is 3. The van der Waals surface area contributed by atoms with Crippen molar-refractivity contribution in [3.8, 4) is 10.7 Å². The summed E-state index contributed by atoms with van der Waals surface area (Å²) in [6.07, 6.45) is 4.81. The number of aryl methyl sites for hydroxylation is 1. The lowest BCUT2D eigenvalue weighted by atomic mass is 9.87. The second-order valence-corrected chi connectivity index (χ2v) is 10.2. The molecule has 5 rings (SSSR count). The maximum absolute atomic E-state index is 12.4. The van der Waals surface area contributed by atoms with Crippen molar-refractivity contribution in [3.63, 3.8) is 0 Å². The minimum Gasteiger partial charge on any atom is -0.325 e. The first-order chi connectivity index (χ1) is 15.5. The Morgan fingerprint density at radius 1 is 1.28 bits per heavy atom. The van der Waals surface area contributed by atoms with Crippen molar-refractivity contribution in [3.05, 3.63) is 45.2 Å². The van der Waals surface area contributed by atoms with E-state index in [-0.39, 0.29) is 17.3 Å². The zero-order valence-electron chi connectivity index (χ0n) is 17.9. The Hall–Kier alpha value is -2.85. The number of carbonyl (C=O) groups is 1. The summed E-state index contributed by atoms with van der Waals surface area (Å²) < 4.78 is 1.96. The second kappa shape index (κ2) is 8.59. The van der Waals surface area contributed by atoms with E-state index in [1.54, 1.807) is 18.2 Å². The van der Waals surface area contributed by atoms with Gasteiger partial charge in [0.1, 0.15) is 0 Å². The van der Waals surface area contributed by atoms with Crippen LogP contribution in [0.1, 0.15) is 30.2 Å². The highest BCUT2D eigenvalue weighted by Crippen LogP contribution is 2.38. The van der Waals surface area contributed by atoms with Crippen LogP contribution in [0.2, 0.25) is 0 Å². The number of hydrogen-bond acceptors (Lipinski definition) is 6. The molecule has 1 amide bonds. The molecule has 166 valence electrons. The molecular formula is C22H24N6O2S2. The van der Waals surface area contributed by atoms with Crippen LogP contribution < -0.4 is 11.0 Å². The van der Waals surface area contributed by atoms with E-state index in [1.807, 2.05) is 23.0 Å². The molecule has 3 N–H and O–H groups in total. The number of thiophene rings is 1. The number of nitrogens with zero attached hydrogens (tertiary/aromatic N) is 3. The lowest BCUT2D eigenvalue weighted by molar-refractivity contribution is -0.113. The summed E-state index contributed by atoms with van der Waals surface area (Å²) in [5, 5.41) is 12.3. The number of H-pyrrole nitrogens is 2. The average Bonchev–Trinajstić information content (AvgIpc) is 3.46. The maximum atomic E-state index is 12.4. The van der Waals surface area contributed by atoms with Gasteiger partial charge in [0.25, 0.3) is 0 Å². The largest absolute Gasteiger partial charge is 0.325 e. The molecule has 0 radical (unpaired) electrons. The molecule has 0 saturated heterocycles. The number of aromatic nitrogens is 5. The minimum absolute atomic E-state index is 0.144. The highest BCUT2D eigenvalue weighted by molar-refractivity contribution is 7.99. The van der Waals surface area contributed by atoms with Gasteiger partial charge < -0.3 is 19.9 Å². The van der Waals surface area contributed by atoms with Gasteiger partial charge in [-0.15, -0.1) is 21.5 Å². The van der Waals surface area contributed by atoms with Crippen LogP contribution in [0, 0.1) is 5.92 Å². The predicted octanol–water partition coefficient (Wildman–Crippen LogP) is 3.96. The minimum atomic E-state index is -0.270. The SMILES string of the molecule is CC[C@H]1CCc2sc(-c3nnc(SCC(=O)Nc4ccc5[nH]c(=O)[nH]c5c4)n3C)cc2C1. The molecule has 0 fully saturated rings. The topological polar surface area (TPSA) is 108 Å². The number of carbonyl (C=O) groups excluding carboxylic acids is 1. The molecule has 1 aromatic carbocycles. The Morgan fingerprint density at radius 2 is 2.12 bits per heavy atom. The van der Waals surface area contributed by atoms with Gasteiger partial charge in [-0.1, -0.05) is 25.1 Å². The van der Waals surface area contributed by atoms with E-state index < -0.39 is 0 Å². The van der Waals surface area contributed by atoms with E-state index >= 15 is 0 Å². The summed E-state index contributed by atoms with van der Waals surface area (Å²) in [6, 6.07) is 7.53. The van der Waals surface area contributed by atoms with E-state index in [1.165, 1.54) is 35.0 Å². The van der Waals surface area contributed by atoms with Gasteiger partial charge in [0, 0.05) is 17.6 Å². The van der Waals surface area contributed by atoms with Gasteiger partial charge in [-0.05, 0) is 55.0 Å². The number of imidazole rings is 1. The van der Waals surface area contributed by atoms with Crippen LogP contribution in [0.25, 0.3) is 21.7 Å². The van der Waals surface area contributed by atoms with Crippen LogP contribution in [0.5, 0.6) is 0 Å². The predicted molar refractivity (Wildman–Crippen MR) is 128 cm³/mol. The number of amides is 1. The molecule has 10 heteroatoms. The van der Waals surface area contributed by atoms with Crippen molar-refractivity contribution in [2.24, 2.45) is 13.0 Å². The van der Waals surface area contributed by atoms with Crippen LogP contribution in [-0.2, 0) is 24.7 Å². The molecule has 8 nitrogen and oxygen atoms in total. The Bertz CT molecular complexity index is 1350. The quantitative estimate of drug-likeness (QED) is 0.371. The smallest absolute Gasteiger partial charge is 0.323 e. The number of anilines is 1. The fraction of sp³-hybridized carbons (Fsp3) is 0.364. The number of aromatic amines is 2. The van der Waals surface area contributed by atoms with E-state index in [0.29, 0.717) is 21.9 Å². The first-order valence-corrected chi connectivity index (χ1v) is 12.5. The molecular weight excluding hydrogens is 444 g/mol. The molecule has 32 heavy (non-hydrogen) atoms. The number of rotatable bonds is 6. The molecule has 0 saturated carbocycles.